The van der Waals surface area contributed by atoms with Gasteiger partial charge in [0.25, 0.3) is 0 Å². The average molecular weight is 506 g/mol. The maximum atomic E-state index is 5.99. The summed E-state index contributed by atoms with van der Waals surface area (Å²) < 4.78 is 13.4. The molecule has 2 saturated heterocycles. The van der Waals surface area contributed by atoms with Gasteiger partial charge in [0.1, 0.15) is 6.10 Å². The quantitative estimate of drug-likeness (QED) is 0.371. The molecule has 3 rings (SSSR count). The first-order valence-corrected chi connectivity index (χ1v) is 9.92. The summed E-state index contributed by atoms with van der Waals surface area (Å²) in [6.45, 7) is 7.69. The topological polar surface area (TPSA) is 67.2 Å². The zero-order valence-electron chi connectivity index (χ0n) is 17.6. The molecule has 1 atom stereocenters. The van der Waals surface area contributed by atoms with Crippen molar-refractivity contribution in [2.45, 2.75) is 31.4 Å². The van der Waals surface area contributed by atoms with E-state index in [2.05, 4.69) is 41.2 Å². The van der Waals surface area contributed by atoms with Gasteiger partial charge >= 0.3 is 0 Å². The van der Waals surface area contributed by atoms with E-state index in [0.717, 1.165) is 63.8 Å². The van der Waals surface area contributed by atoms with Crippen LogP contribution in [-0.2, 0) is 16.5 Å². The highest BCUT2D eigenvalue weighted by atomic mass is 127. The molecule has 0 amide bonds. The van der Waals surface area contributed by atoms with E-state index < -0.39 is 0 Å². The Bertz CT molecular complexity index is 630. The summed E-state index contributed by atoms with van der Waals surface area (Å²) in [5.41, 5.74) is 1.20. The summed E-state index contributed by atoms with van der Waals surface area (Å²) >= 11 is 0. The Morgan fingerprint density at radius 1 is 1.36 bits per heavy atom. The van der Waals surface area contributed by atoms with Crippen molar-refractivity contribution in [2.24, 2.45) is 12.0 Å². The Labute approximate surface area is 185 Å². The highest BCUT2D eigenvalue weighted by molar-refractivity contribution is 14.0. The van der Waals surface area contributed by atoms with Crippen molar-refractivity contribution in [3.63, 3.8) is 0 Å². The zero-order chi connectivity index (χ0) is 19.3. The van der Waals surface area contributed by atoms with E-state index in [1.165, 1.54) is 0 Å². The third-order valence-electron chi connectivity index (χ3n) is 5.69. The fraction of sp³-hybridized carbons (Fsp3) is 0.789. The number of nitrogens with zero attached hydrogens (tertiary/aromatic N) is 5. The molecule has 2 aliphatic rings. The van der Waals surface area contributed by atoms with Gasteiger partial charge in [0.05, 0.1) is 25.9 Å². The minimum atomic E-state index is 0. The number of hydrogen-bond acceptors (Lipinski definition) is 5. The van der Waals surface area contributed by atoms with Gasteiger partial charge in [-0.1, -0.05) is 0 Å². The molecule has 0 spiro atoms. The number of aliphatic imine (C=N–C) groups is 1. The number of ether oxygens (including phenoxy) is 2. The van der Waals surface area contributed by atoms with Crippen molar-refractivity contribution >= 4 is 29.9 Å². The van der Waals surface area contributed by atoms with E-state index in [4.69, 9.17) is 14.5 Å². The lowest BCUT2D eigenvalue weighted by Gasteiger charge is -2.42. The number of guanidine groups is 1. The van der Waals surface area contributed by atoms with Crippen molar-refractivity contribution in [1.29, 1.82) is 0 Å². The molecule has 28 heavy (non-hydrogen) atoms. The van der Waals surface area contributed by atoms with E-state index in [-0.39, 0.29) is 35.6 Å². The van der Waals surface area contributed by atoms with Crippen molar-refractivity contribution in [2.75, 3.05) is 60.1 Å². The van der Waals surface area contributed by atoms with Gasteiger partial charge in [0, 0.05) is 50.7 Å². The van der Waals surface area contributed by atoms with Crippen LogP contribution in [0.1, 0.15) is 31.4 Å². The highest BCUT2D eigenvalue weighted by Crippen LogP contribution is 2.27. The minimum Gasteiger partial charge on any atom is -0.381 e. The first-order chi connectivity index (χ1) is 13.0. The fourth-order valence-corrected chi connectivity index (χ4v) is 3.80. The van der Waals surface area contributed by atoms with Gasteiger partial charge in [0.2, 0.25) is 0 Å². The third kappa shape index (κ3) is 5.58. The molecule has 0 saturated carbocycles. The highest BCUT2D eigenvalue weighted by Gasteiger charge is 2.35. The van der Waals surface area contributed by atoms with Crippen LogP contribution in [0.3, 0.4) is 0 Å². The summed E-state index contributed by atoms with van der Waals surface area (Å²) in [6, 6.07) is 0. The molecular formula is C19H35IN6O2. The minimum absolute atomic E-state index is 0. The molecule has 0 aromatic carbocycles. The third-order valence-corrected chi connectivity index (χ3v) is 5.69. The summed E-state index contributed by atoms with van der Waals surface area (Å²) in [4.78, 5) is 9.68. The van der Waals surface area contributed by atoms with E-state index in [0.29, 0.717) is 6.61 Å². The Morgan fingerprint density at radius 3 is 2.71 bits per heavy atom. The Kier molecular flexibility index (Phi) is 8.97. The van der Waals surface area contributed by atoms with Crippen molar-refractivity contribution < 1.29 is 9.47 Å². The van der Waals surface area contributed by atoms with Crippen LogP contribution >= 0.6 is 24.0 Å². The van der Waals surface area contributed by atoms with Crippen molar-refractivity contribution in [3.8, 4) is 0 Å². The van der Waals surface area contributed by atoms with Gasteiger partial charge in [-0.05, 0) is 33.9 Å². The number of morpholine rings is 1. The normalized spacial score (nSPS) is 22.8. The molecule has 2 aliphatic heterocycles. The summed E-state index contributed by atoms with van der Waals surface area (Å²) in [5, 5.41) is 7.75. The van der Waals surface area contributed by atoms with Gasteiger partial charge in [-0.15, -0.1) is 24.0 Å². The van der Waals surface area contributed by atoms with Gasteiger partial charge in [-0.3, -0.25) is 9.67 Å². The Morgan fingerprint density at radius 2 is 2.11 bits per heavy atom. The second-order valence-corrected chi connectivity index (χ2v) is 7.65. The summed E-state index contributed by atoms with van der Waals surface area (Å²) in [7, 11) is 6.24. The fourth-order valence-electron chi connectivity index (χ4n) is 3.80. The van der Waals surface area contributed by atoms with E-state index >= 15 is 0 Å². The number of likely N-dealkylation sites (N-methyl/N-ethyl adjacent to an activating group) is 1. The lowest BCUT2D eigenvalue weighted by atomic mass is 9.89. The predicted octanol–water partition coefficient (Wildman–Crippen LogP) is 1.49. The van der Waals surface area contributed by atoms with Crippen LogP contribution in [0.5, 0.6) is 0 Å². The molecule has 2 fully saturated rings. The smallest absolute Gasteiger partial charge is 0.194 e. The number of aromatic nitrogens is 2. The van der Waals surface area contributed by atoms with Gasteiger partial charge in [-0.25, -0.2) is 0 Å². The molecule has 0 bridgehead atoms. The lowest BCUT2D eigenvalue weighted by molar-refractivity contribution is -0.00971. The van der Waals surface area contributed by atoms with Gasteiger partial charge in [0.15, 0.2) is 5.96 Å². The number of nitrogens with one attached hydrogen (secondary N) is 1. The van der Waals surface area contributed by atoms with E-state index in [9.17, 15) is 0 Å². The molecule has 1 unspecified atom stereocenters. The second-order valence-electron chi connectivity index (χ2n) is 7.65. The van der Waals surface area contributed by atoms with Crippen LogP contribution in [-0.4, -0.2) is 91.2 Å². The van der Waals surface area contributed by atoms with E-state index in [1.807, 2.05) is 24.1 Å². The molecule has 1 aromatic rings. The Balaban J connectivity index is 0.00000280. The molecule has 8 nitrogen and oxygen atoms in total. The average Bonchev–Trinajstić information content (AvgIpc) is 3.12. The van der Waals surface area contributed by atoms with E-state index in [1.54, 1.807) is 0 Å². The molecule has 0 aliphatic carbocycles. The summed E-state index contributed by atoms with van der Waals surface area (Å²) in [6.07, 6.45) is 5.99. The van der Waals surface area contributed by atoms with Crippen LogP contribution in [0.15, 0.2) is 17.4 Å². The van der Waals surface area contributed by atoms with Crippen molar-refractivity contribution in [1.82, 2.24) is 24.9 Å². The summed E-state index contributed by atoms with van der Waals surface area (Å²) in [5.74, 6) is 0.974. The monoisotopic (exact) mass is 506 g/mol. The predicted molar refractivity (Wildman–Crippen MR) is 121 cm³/mol. The first kappa shape index (κ1) is 23.4. The molecule has 1 aromatic heterocycles. The van der Waals surface area contributed by atoms with Gasteiger partial charge in [-0.2, -0.15) is 5.10 Å². The van der Waals surface area contributed by atoms with Crippen LogP contribution in [0.2, 0.25) is 0 Å². The number of rotatable bonds is 5. The van der Waals surface area contributed by atoms with Crippen LogP contribution in [0.4, 0.5) is 0 Å². The molecule has 9 heteroatoms. The van der Waals surface area contributed by atoms with Crippen LogP contribution in [0.25, 0.3) is 0 Å². The van der Waals surface area contributed by atoms with Crippen LogP contribution < -0.4 is 5.32 Å². The van der Waals surface area contributed by atoms with Crippen LogP contribution in [0, 0.1) is 0 Å². The molecule has 160 valence electrons. The Hall–Kier alpha value is -0.910. The molecule has 0 radical (unpaired) electrons. The maximum Gasteiger partial charge on any atom is 0.194 e. The number of aryl methyl sites for hydroxylation is 1. The molecule has 3 heterocycles. The molecular weight excluding hydrogens is 471 g/mol. The zero-order valence-corrected chi connectivity index (χ0v) is 19.9. The van der Waals surface area contributed by atoms with Crippen molar-refractivity contribution in [3.05, 3.63) is 18.0 Å². The SMILES string of the molecule is CCNC(=NCC1(N(C)C)CCOCC1)N1CCOC(c2cnn(C)c2)C1.I. The molecule has 1 N–H and O–H groups in total. The standard InChI is InChI=1S/C19H34N6O2.HI/c1-5-20-18(21-15-19(23(2)3)6-9-26-10-7-19)25-8-11-27-17(14-25)16-12-22-24(4)13-16;/h12-13,17H,5-11,14-15H2,1-4H3,(H,20,21);1H. The first-order valence-electron chi connectivity index (χ1n) is 9.92. The van der Waals surface area contributed by atoms with Gasteiger partial charge < -0.3 is 24.6 Å². The number of hydrogen-bond donors (Lipinski definition) is 1. The lowest BCUT2D eigenvalue weighted by Crippen LogP contribution is -2.53. The second kappa shape index (κ2) is 10.7. The largest absolute Gasteiger partial charge is 0.381 e. The number of halogens is 1. The maximum absolute atomic E-state index is 5.99.